The summed E-state index contributed by atoms with van der Waals surface area (Å²) in [6.45, 7) is 0.0800. The second kappa shape index (κ2) is 24.6. The summed E-state index contributed by atoms with van der Waals surface area (Å²) in [5.74, 6) is 2.26. The summed E-state index contributed by atoms with van der Waals surface area (Å²) in [5, 5.41) is 73.3. The van der Waals surface area contributed by atoms with E-state index in [0.717, 1.165) is 5.92 Å². The maximum absolute atomic E-state index is 12.3. The van der Waals surface area contributed by atoms with E-state index in [2.05, 4.69) is 5.32 Å². The molecule has 0 aromatic heterocycles. The molecule has 2 saturated carbocycles. The molecule has 0 bridgehead atoms. The van der Waals surface area contributed by atoms with E-state index >= 15 is 0 Å². The zero-order valence-corrected chi connectivity index (χ0v) is 29.6. The smallest absolute Gasteiger partial charge is 0.394 e. The number of nitrogens with one attached hydrogen (secondary N) is 1. The molecule has 2 aliphatic carbocycles. The molecular weight excluding hydrogens is 730 g/mol. The Morgan fingerprint density at radius 2 is 1.33 bits per heavy atom. The van der Waals surface area contributed by atoms with Crippen molar-refractivity contribution in [2.75, 3.05) is 69.1 Å². The number of sulfone groups is 1. The first-order valence-corrected chi connectivity index (χ1v) is 18.7. The van der Waals surface area contributed by atoms with Crippen LogP contribution in [0.3, 0.4) is 0 Å². The van der Waals surface area contributed by atoms with Gasteiger partial charge in [0.1, 0.15) is 48.8 Å². The minimum Gasteiger partial charge on any atom is -0.394 e. The van der Waals surface area contributed by atoms with Crippen LogP contribution < -0.4 is 5.32 Å². The van der Waals surface area contributed by atoms with Crippen molar-refractivity contribution in [1.29, 1.82) is 0 Å². The summed E-state index contributed by atoms with van der Waals surface area (Å²) in [4.78, 5) is 0. The van der Waals surface area contributed by atoms with Gasteiger partial charge in [-0.15, -0.1) is 0 Å². The van der Waals surface area contributed by atoms with Gasteiger partial charge >= 0.3 is 17.1 Å². The molecule has 0 spiro atoms. The first-order chi connectivity index (χ1) is 23.1. The van der Waals surface area contributed by atoms with E-state index < -0.39 is 84.5 Å². The first kappa shape index (κ1) is 45.5. The third-order valence-electron chi connectivity index (χ3n) is 7.58. The second-order valence-corrected chi connectivity index (χ2v) is 14.7. The molecule has 10 atom stereocenters. The quantitative estimate of drug-likeness (QED) is 0.0477. The van der Waals surface area contributed by atoms with Crippen LogP contribution in [-0.4, -0.2) is 175 Å². The van der Waals surface area contributed by atoms with Crippen LogP contribution in [0.25, 0.3) is 0 Å². The van der Waals surface area contributed by atoms with Crippen molar-refractivity contribution in [2.45, 2.75) is 61.4 Å². The van der Waals surface area contributed by atoms with Crippen LogP contribution in [0.4, 0.5) is 0 Å². The molecule has 10 radical (unpaired) electrons. The molecule has 15 nitrogen and oxygen atoms in total. The van der Waals surface area contributed by atoms with E-state index in [-0.39, 0.29) is 48.3 Å². The van der Waals surface area contributed by atoms with E-state index in [0.29, 0.717) is 24.7 Å². The normalized spacial score (nSPS) is 33.9. The Morgan fingerprint density at radius 3 is 1.96 bits per heavy atom. The summed E-state index contributed by atoms with van der Waals surface area (Å²) >= 11 is 1.51. The standard InChI is InChI=1S/C26H44NO14S2.C5H5.Fe/c28-13-17-19(30)20(31)22(33)26(39-17)41-24-18(14-29)40-25(23(34)21(24)32)38-7-5-27-6-11-43(35,36)12-10-42-9-8-37-15-16-3-1-2-4-16;1-2-4-5-3-1;/h1-4,17-34H,5-15H2;1-5H;/q;;+2/t17-,18-,19+,20+,21-,22-,23-,24-,25-,26+;;/m1../s1. The Morgan fingerprint density at radius 1 is 0.714 bits per heavy atom. The van der Waals surface area contributed by atoms with Crippen molar-refractivity contribution >= 4 is 21.6 Å². The van der Waals surface area contributed by atoms with Gasteiger partial charge in [0, 0.05) is 30.5 Å². The number of ether oxygens (including phenoxy) is 5. The summed E-state index contributed by atoms with van der Waals surface area (Å²) in [5.41, 5.74) is 0. The molecule has 4 rings (SSSR count). The van der Waals surface area contributed by atoms with Crippen molar-refractivity contribution in [3.63, 3.8) is 0 Å². The molecule has 0 aromatic carbocycles. The molecule has 2 heterocycles. The van der Waals surface area contributed by atoms with E-state index in [1.807, 2.05) is 57.8 Å². The van der Waals surface area contributed by atoms with Gasteiger partial charge in [0.2, 0.25) is 0 Å². The van der Waals surface area contributed by atoms with Gasteiger partial charge in [-0.25, -0.2) is 8.42 Å². The molecule has 4 fully saturated rings. The predicted molar refractivity (Wildman–Crippen MR) is 174 cm³/mol. The number of thioether (sulfide) groups is 1. The first-order valence-electron chi connectivity index (χ1n) is 15.7. The molecule has 18 heteroatoms. The largest absolute Gasteiger partial charge is 2.00 e. The van der Waals surface area contributed by atoms with E-state index in [1.54, 1.807) is 0 Å². The number of aliphatic hydroxyl groups is 7. The monoisotopic (exact) mass is 779 g/mol. The summed E-state index contributed by atoms with van der Waals surface area (Å²) in [6.07, 6.45) is 2.53. The fourth-order valence-corrected chi connectivity index (χ4v) is 7.41. The topological polar surface area (TPSA) is 234 Å². The van der Waals surface area contributed by atoms with Crippen LogP contribution in [0.1, 0.15) is 0 Å². The molecule has 0 unspecified atom stereocenters. The Kier molecular flexibility index (Phi) is 22.8. The van der Waals surface area contributed by atoms with Crippen molar-refractivity contribution in [3.8, 4) is 0 Å². The SMILES string of the molecule is O=S(=O)(CCNCCO[C@@H]1O[C@H](CO)[C@@H](O[C@@H]2O[C@H](CO)[C@H](O)[C@H](O)[C@H]2O)[C@H](O)[C@H]1O)CCSCCOC[C]1[CH][CH][CH][CH]1.[CH]1[CH][CH][CH][CH]1.[Fe+2]. The minimum absolute atomic E-state index is 0. The van der Waals surface area contributed by atoms with Crippen LogP contribution in [0.5, 0.6) is 0 Å². The summed E-state index contributed by atoms with van der Waals surface area (Å²) in [7, 11) is -3.25. The van der Waals surface area contributed by atoms with Crippen LogP contribution in [0, 0.1) is 63.7 Å². The fraction of sp³-hybridized carbons (Fsp3) is 0.677. The number of hydrogen-bond donors (Lipinski definition) is 8. The molecule has 2 saturated heterocycles. The van der Waals surface area contributed by atoms with Crippen molar-refractivity contribution < 1.29 is 84.9 Å². The Balaban J connectivity index is 0.00000127. The van der Waals surface area contributed by atoms with Gasteiger partial charge in [0.15, 0.2) is 22.4 Å². The van der Waals surface area contributed by atoms with Crippen molar-refractivity contribution in [1.82, 2.24) is 5.32 Å². The van der Waals surface area contributed by atoms with Gasteiger partial charge in [-0.05, 0) is 57.8 Å². The third kappa shape index (κ3) is 15.7. The summed E-state index contributed by atoms with van der Waals surface area (Å²) < 4.78 is 51.9. The Hall–Kier alpha value is 0.299. The molecule has 0 amide bonds. The molecule has 0 aromatic rings. The molecule has 280 valence electrons. The third-order valence-corrected chi connectivity index (χ3v) is 10.4. The van der Waals surface area contributed by atoms with Crippen LogP contribution in [0.2, 0.25) is 0 Å². The van der Waals surface area contributed by atoms with Gasteiger partial charge < -0.3 is 64.7 Å². The molecule has 49 heavy (non-hydrogen) atoms. The maximum Gasteiger partial charge on any atom is 2.00 e. The molecule has 2 aliphatic heterocycles. The van der Waals surface area contributed by atoms with Crippen LogP contribution in [-0.2, 0) is 50.6 Å². The van der Waals surface area contributed by atoms with Gasteiger partial charge in [-0.3, -0.25) is 0 Å². The van der Waals surface area contributed by atoms with Crippen molar-refractivity contribution in [3.05, 3.63) is 63.7 Å². The van der Waals surface area contributed by atoms with Gasteiger partial charge in [-0.1, -0.05) is 0 Å². The van der Waals surface area contributed by atoms with Crippen LogP contribution in [0.15, 0.2) is 0 Å². The summed E-state index contributed by atoms with van der Waals surface area (Å²) in [6, 6.07) is 0. The van der Waals surface area contributed by atoms with Gasteiger partial charge in [0.05, 0.1) is 44.5 Å². The maximum atomic E-state index is 12.3. The molecule has 8 N–H and O–H groups in total. The molecule has 4 aliphatic rings. The fourth-order valence-electron chi connectivity index (χ4n) is 4.82. The average Bonchev–Trinajstić information content (AvgIpc) is 3.83. The Labute approximate surface area is 305 Å². The van der Waals surface area contributed by atoms with Crippen molar-refractivity contribution in [2.24, 2.45) is 0 Å². The van der Waals surface area contributed by atoms with Crippen LogP contribution >= 0.6 is 11.8 Å². The second-order valence-electron chi connectivity index (χ2n) is 11.2. The van der Waals surface area contributed by atoms with Gasteiger partial charge in [-0.2, -0.15) is 11.8 Å². The number of hydrogen-bond acceptors (Lipinski definition) is 16. The number of aliphatic hydroxyl groups excluding tert-OH is 7. The Bertz CT molecular complexity index is 953. The zero-order valence-electron chi connectivity index (χ0n) is 26.9. The minimum atomic E-state index is -3.25. The van der Waals surface area contributed by atoms with E-state index in [1.165, 1.54) is 11.8 Å². The molecular formula is C31H49FeNO14S2+2. The van der Waals surface area contributed by atoms with Gasteiger partial charge in [0.25, 0.3) is 0 Å². The predicted octanol–water partition coefficient (Wildman–Crippen LogP) is -3.19. The average molecular weight is 780 g/mol. The number of rotatable bonds is 19. The zero-order chi connectivity index (χ0) is 34.9. The van der Waals surface area contributed by atoms with E-state index in [4.69, 9.17) is 23.7 Å². The van der Waals surface area contributed by atoms with E-state index in [9.17, 15) is 44.2 Å².